The first-order chi connectivity index (χ1) is 9.16. The highest BCUT2D eigenvalue weighted by Crippen LogP contribution is 2.27. The number of nitrogens with two attached hydrogens (primary N) is 1. The second-order valence-corrected chi connectivity index (χ2v) is 5.25. The molecular weight excluding hydrogens is 242 g/mol. The van der Waals surface area contributed by atoms with Gasteiger partial charge in [-0.1, -0.05) is 32.1 Å². The van der Waals surface area contributed by atoms with Gasteiger partial charge in [0.25, 0.3) is 5.69 Å². The van der Waals surface area contributed by atoms with Crippen LogP contribution < -0.4 is 11.1 Å². The molecule has 5 nitrogen and oxygen atoms in total. The first-order valence-corrected chi connectivity index (χ1v) is 6.94. The maximum Gasteiger partial charge on any atom is 0.292 e. The summed E-state index contributed by atoms with van der Waals surface area (Å²) in [6, 6.07) is 4.81. The van der Waals surface area contributed by atoms with Crippen LogP contribution in [0.15, 0.2) is 18.2 Å². The Labute approximate surface area is 113 Å². The molecule has 19 heavy (non-hydrogen) atoms. The second-order valence-electron chi connectivity index (χ2n) is 5.25. The molecule has 0 saturated heterocycles. The summed E-state index contributed by atoms with van der Waals surface area (Å²) in [5, 5.41) is 14.0. The Hall–Kier alpha value is -1.78. The lowest BCUT2D eigenvalue weighted by Crippen LogP contribution is -2.12. The molecule has 0 spiro atoms. The molecule has 0 atom stereocenters. The first-order valence-electron chi connectivity index (χ1n) is 6.94. The average molecular weight is 263 g/mol. The van der Waals surface area contributed by atoms with Gasteiger partial charge in [0.15, 0.2) is 0 Å². The molecule has 3 N–H and O–H groups in total. The van der Waals surface area contributed by atoms with Crippen LogP contribution in [-0.2, 0) is 0 Å². The highest BCUT2D eigenvalue weighted by atomic mass is 16.6. The summed E-state index contributed by atoms with van der Waals surface area (Å²) >= 11 is 0. The highest BCUT2D eigenvalue weighted by Gasteiger charge is 2.13. The largest absolute Gasteiger partial charge is 0.393 e. The quantitative estimate of drug-likeness (QED) is 0.483. The van der Waals surface area contributed by atoms with Crippen molar-refractivity contribution >= 4 is 17.1 Å². The molecule has 2 rings (SSSR count). The van der Waals surface area contributed by atoms with Crippen LogP contribution in [0.25, 0.3) is 0 Å². The Balaban J connectivity index is 1.82. The van der Waals surface area contributed by atoms with Crippen molar-refractivity contribution < 1.29 is 4.92 Å². The van der Waals surface area contributed by atoms with E-state index in [1.807, 2.05) is 0 Å². The maximum absolute atomic E-state index is 10.7. The summed E-state index contributed by atoms with van der Waals surface area (Å²) in [6.45, 7) is 0.905. The lowest BCUT2D eigenvalue weighted by Gasteiger charge is -2.21. The van der Waals surface area contributed by atoms with E-state index in [0.29, 0.717) is 0 Å². The molecular formula is C14H21N3O2. The highest BCUT2D eigenvalue weighted by molar-refractivity contribution is 5.65. The molecule has 0 amide bonds. The Kier molecular flexibility index (Phi) is 4.60. The number of anilines is 2. The molecule has 1 saturated carbocycles. The number of rotatable bonds is 5. The molecule has 1 fully saturated rings. The van der Waals surface area contributed by atoms with Crippen LogP contribution in [0.3, 0.4) is 0 Å². The van der Waals surface area contributed by atoms with Gasteiger partial charge in [-0.15, -0.1) is 0 Å². The van der Waals surface area contributed by atoms with E-state index < -0.39 is 4.92 Å². The molecule has 0 radical (unpaired) electrons. The van der Waals surface area contributed by atoms with E-state index in [9.17, 15) is 10.1 Å². The molecule has 1 aliphatic rings. The summed E-state index contributed by atoms with van der Waals surface area (Å²) in [4.78, 5) is 10.2. The topological polar surface area (TPSA) is 81.2 Å². The Morgan fingerprint density at radius 2 is 2.05 bits per heavy atom. The molecule has 104 valence electrons. The van der Waals surface area contributed by atoms with Gasteiger partial charge in [-0.3, -0.25) is 10.1 Å². The molecule has 0 aliphatic heterocycles. The van der Waals surface area contributed by atoms with Gasteiger partial charge in [0, 0.05) is 18.3 Å². The fourth-order valence-corrected chi connectivity index (χ4v) is 2.73. The van der Waals surface area contributed by atoms with E-state index in [1.165, 1.54) is 38.2 Å². The smallest absolute Gasteiger partial charge is 0.292 e. The van der Waals surface area contributed by atoms with Crippen molar-refractivity contribution in [2.75, 3.05) is 17.6 Å². The van der Waals surface area contributed by atoms with Gasteiger partial charge >= 0.3 is 0 Å². The molecule has 0 heterocycles. The minimum Gasteiger partial charge on any atom is -0.393 e. The van der Waals surface area contributed by atoms with Gasteiger partial charge in [0.1, 0.15) is 5.69 Å². The maximum atomic E-state index is 10.7. The standard InChI is InChI=1S/C14H21N3O2/c15-13-10-12(6-7-14(13)17(18)19)16-9-8-11-4-2-1-3-5-11/h6-7,10-11,16H,1-5,8-9,15H2. The van der Waals surface area contributed by atoms with Crippen molar-refractivity contribution in [3.05, 3.63) is 28.3 Å². The molecule has 1 aliphatic carbocycles. The summed E-state index contributed by atoms with van der Waals surface area (Å²) in [5.41, 5.74) is 6.70. The van der Waals surface area contributed by atoms with E-state index >= 15 is 0 Å². The molecule has 0 bridgehead atoms. The Morgan fingerprint density at radius 3 is 2.68 bits per heavy atom. The van der Waals surface area contributed by atoms with Gasteiger partial charge in [-0.05, 0) is 24.5 Å². The minimum absolute atomic E-state index is 0.0298. The lowest BCUT2D eigenvalue weighted by atomic mass is 9.87. The second kappa shape index (κ2) is 6.41. The fourth-order valence-electron chi connectivity index (χ4n) is 2.73. The minimum atomic E-state index is -0.457. The van der Waals surface area contributed by atoms with E-state index in [2.05, 4.69) is 5.32 Å². The summed E-state index contributed by atoms with van der Waals surface area (Å²) in [6.07, 6.45) is 7.93. The Bertz CT molecular complexity index is 442. The number of hydrogen-bond acceptors (Lipinski definition) is 4. The van der Waals surface area contributed by atoms with Gasteiger partial charge in [-0.2, -0.15) is 0 Å². The number of nitro groups is 1. The molecule has 5 heteroatoms. The summed E-state index contributed by atoms with van der Waals surface area (Å²) in [7, 11) is 0. The van der Waals surface area contributed by atoms with Gasteiger partial charge in [0.2, 0.25) is 0 Å². The number of nitrogen functional groups attached to an aromatic ring is 1. The van der Waals surface area contributed by atoms with Crippen LogP contribution in [0.4, 0.5) is 17.1 Å². The third kappa shape index (κ3) is 3.84. The van der Waals surface area contributed by atoms with Crippen molar-refractivity contribution in [3.63, 3.8) is 0 Å². The Morgan fingerprint density at radius 1 is 1.32 bits per heavy atom. The molecule has 1 aromatic carbocycles. The van der Waals surface area contributed by atoms with Crippen LogP contribution in [-0.4, -0.2) is 11.5 Å². The number of nitrogens with zero attached hydrogens (tertiary/aromatic N) is 1. The summed E-state index contributed by atoms with van der Waals surface area (Å²) < 4.78 is 0. The van der Waals surface area contributed by atoms with Crippen LogP contribution in [0.1, 0.15) is 38.5 Å². The predicted octanol–water partition coefficient (Wildman–Crippen LogP) is 3.56. The van der Waals surface area contributed by atoms with Crippen molar-refractivity contribution in [1.29, 1.82) is 0 Å². The third-order valence-electron chi connectivity index (χ3n) is 3.83. The van der Waals surface area contributed by atoms with E-state index in [4.69, 9.17) is 5.73 Å². The first kappa shape index (κ1) is 13.6. The monoisotopic (exact) mass is 263 g/mol. The predicted molar refractivity (Wildman–Crippen MR) is 77.2 cm³/mol. The zero-order valence-corrected chi connectivity index (χ0v) is 11.1. The van der Waals surface area contributed by atoms with Crippen molar-refractivity contribution in [2.24, 2.45) is 5.92 Å². The number of nitrogens with one attached hydrogen (secondary N) is 1. The van der Waals surface area contributed by atoms with Gasteiger partial charge < -0.3 is 11.1 Å². The van der Waals surface area contributed by atoms with E-state index in [-0.39, 0.29) is 11.4 Å². The van der Waals surface area contributed by atoms with Gasteiger partial charge in [-0.25, -0.2) is 0 Å². The number of nitro benzene ring substituents is 1. The molecule has 1 aromatic rings. The zero-order chi connectivity index (χ0) is 13.7. The molecule has 0 aromatic heterocycles. The van der Waals surface area contributed by atoms with Crippen molar-refractivity contribution in [3.8, 4) is 0 Å². The van der Waals surface area contributed by atoms with Crippen LogP contribution >= 0.6 is 0 Å². The zero-order valence-electron chi connectivity index (χ0n) is 11.1. The number of benzene rings is 1. The average Bonchev–Trinajstić information content (AvgIpc) is 2.39. The lowest BCUT2D eigenvalue weighted by molar-refractivity contribution is -0.383. The van der Waals surface area contributed by atoms with E-state index in [1.54, 1.807) is 12.1 Å². The SMILES string of the molecule is Nc1cc(NCCC2CCCCC2)ccc1[N+](=O)[O-]. The van der Waals surface area contributed by atoms with Crippen LogP contribution in [0.5, 0.6) is 0 Å². The van der Waals surface area contributed by atoms with Crippen LogP contribution in [0, 0.1) is 16.0 Å². The van der Waals surface area contributed by atoms with Crippen molar-refractivity contribution in [1.82, 2.24) is 0 Å². The van der Waals surface area contributed by atoms with Crippen LogP contribution in [0.2, 0.25) is 0 Å². The van der Waals surface area contributed by atoms with Gasteiger partial charge in [0.05, 0.1) is 4.92 Å². The summed E-state index contributed by atoms with van der Waals surface area (Å²) in [5.74, 6) is 0.830. The normalized spacial score (nSPS) is 16.2. The number of hydrogen-bond donors (Lipinski definition) is 2. The molecule has 0 unspecified atom stereocenters. The third-order valence-corrected chi connectivity index (χ3v) is 3.83. The van der Waals surface area contributed by atoms with E-state index in [0.717, 1.165) is 24.6 Å². The fraction of sp³-hybridized carbons (Fsp3) is 0.571. The van der Waals surface area contributed by atoms with Crippen molar-refractivity contribution in [2.45, 2.75) is 38.5 Å².